The number of likely N-dealkylation sites (tertiary alicyclic amines) is 1. The highest BCUT2D eigenvalue weighted by molar-refractivity contribution is 6.33. The van der Waals surface area contributed by atoms with Crippen LogP contribution in [0.5, 0.6) is 23.0 Å². The molecule has 2 saturated heterocycles. The Labute approximate surface area is 618 Å². The van der Waals surface area contributed by atoms with Crippen molar-refractivity contribution in [1.29, 1.82) is 0 Å². The van der Waals surface area contributed by atoms with Crippen LogP contribution in [0.15, 0.2) is 189 Å². The van der Waals surface area contributed by atoms with Gasteiger partial charge in [0.25, 0.3) is 17.7 Å². The Balaban J connectivity index is 0.000000168. The van der Waals surface area contributed by atoms with Crippen molar-refractivity contribution in [1.82, 2.24) is 55.7 Å². The van der Waals surface area contributed by atoms with E-state index in [0.29, 0.717) is 120 Å². The van der Waals surface area contributed by atoms with E-state index in [1.165, 1.54) is 38.2 Å². The van der Waals surface area contributed by atoms with Crippen LogP contribution in [-0.2, 0) is 31.0 Å². The Bertz CT molecular complexity index is 4240. The number of hydrogen-bond acceptors (Lipinski definition) is 22. The second-order valence-electron chi connectivity index (χ2n) is 23.8. The second kappa shape index (κ2) is 39.4. The standard InChI is InChI=1S/C27H26ClN5O3.C25H29ClN6O2.C24H27ClN6O3/c1-35-21-10-7-18(8-11-21)13-14-30-27(34)24-25(29)31-17-32-26(24)33-20-9-12-23(22(28)15-20)36-16-19-5-3-2-4-6-19;26-20-15-19(9-10-21(20)34-16-18-7-3-1-4-8-18)31-24-22(23(27)29-17-30-24)25(33)28-11-14-32-12-5-2-6-13-32;25-19-14-18(6-7-20(19)34-15-17-4-2-1-3-5-17)30-23-21(22(26)28-16-29-23)24(32)27-8-9-31-10-12-33-13-11-31/h2-12,15,17H,13-14,16H2,1H3,(H,30,34)(H3,29,31,32,33);1,3-4,7-10,15,17H,2,5-6,11-14,16H2,(H,28,33)(H3,27,29,30,31);1-7,14,16H,8-13,15H2,(H,27,32)(H3,26,28,29,30). The maximum absolute atomic E-state index is 12.9. The number of nitrogens with two attached hydrogens (primary N) is 3. The highest BCUT2D eigenvalue weighted by Gasteiger charge is 2.23. The lowest BCUT2D eigenvalue weighted by Gasteiger charge is -2.26. The van der Waals surface area contributed by atoms with Gasteiger partial charge in [-0.05, 0) is 121 Å². The number of methoxy groups -OCH3 is 1. The number of piperidine rings is 1. The number of anilines is 9. The topological polar surface area (TPSA) is 331 Å². The van der Waals surface area contributed by atoms with Crippen molar-refractivity contribution in [3.8, 4) is 23.0 Å². The van der Waals surface area contributed by atoms with Crippen LogP contribution in [0.1, 0.15) is 72.6 Å². The van der Waals surface area contributed by atoms with Gasteiger partial charge in [0.15, 0.2) is 0 Å². The third-order valence-electron chi connectivity index (χ3n) is 16.4. The van der Waals surface area contributed by atoms with Crippen LogP contribution in [0, 0.1) is 0 Å². The number of halogens is 3. The summed E-state index contributed by atoms with van der Waals surface area (Å²) in [7, 11) is 1.62. The molecule has 540 valence electrons. The van der Waals surface area contributed by atoms with Crippen molar-refractivity contribution in [3.63, 3.8) is 0 Å². The zero-order valence-electron chi connectivity index (χ0n) is 57.3. The maximum atomic E-state index is 12.9. The lowest BCUT2D eigenvalue weighted by molar-refractivity contribution is 0.0383. The van der Waals surface area contributed by atoms with E-state index in [1.807, 2.05) is 121 Å². The first-order valence-corrected chi connectivity index (χ1v) is 34.9. The third-order valence-corrected chi connectivity index (χ3v) is 17.3. The molecule has 104 heavy (non-hydrogen) atoms. The summed E-state index contributed by atoms with van der Waals surface area (Å²) in [5.41, 5.74) is 24.7. The first kappa shape index (κ1) is 75.6. The monoisotopic (exact) mass is 1470 g/mol. The Kier molecular flexibility index (Phi) is 28.6. The minimum Gasteiger partial charge on any atom is -0.497 e. The van der Waals surface area contributed by atoms with Crippen molar-refractivity contribution in [2.45, 2.75) is 45.5 Å². The van der Waals surface area contributed by atoms with Crippen LogP contribution in [-0.4, -0.2) is 137 Å². The number of ether oxygens (including phenoxy) is 5. The molecule has 2 aliphatic rings. The molecule has 10 aromatic rings. The van der Waals surface area contributed by atoms with Crippen LogP contribution in [0.3, 0.4) is 0 Å². The zero-order chi connectivity index (χ0) is 72.8. The second-order valence-corrected chi connectivity index (χ2v) is 25.0. The van der Waals surface area contributed by atoms with E-state index in [0.717, 1.165) is 67.3 Å². The summed E-state index contributed by atoms with van der Waals surface area (Å²) < 4.78 is 28.0. The van der Waals surface area contributed by atoms with Crippen molar-refractivity contribution >= 4 is 104 Å². The molecule has 3 amide bonds. The molecule has 5 heterocycles. The summed E-state index contributed by atoms with van der Waals surface area (Å²) >= 11 is 19.3. The number of benzene rings is 7. The molecule has 7 aromatic carbocycles. The van der Waals surface area contributed by atoms with Crippen molar-refractivity contribution in [2.24, 2.45) is 0 Å². The van der Waals surface area contributed by atoms with Gasteiger partial charge in [-0.2, -0.15) is 0 Å². The predicted molar refractivity (Wildman–Crippen MR) is 407 cm³/mol. The third kappa shape index (κ3) is 23.0. The van der Waals surface area contributed by atoms with Crippen LogP contribution in [0.4, 0.5) is 52.0 Å². The Morgan fingerprint density at radius 1 is 0.433 bits per heavy atom. The molecule has 12 rings (SSSR count). The first-order chi connectivity index (χ1) is 50.7. The van der Waals surface area contributed by atoms with Crippen LogP contribution >= 0.6 is 34.8 Å². The van der Waals surface area contributed by atoms with Crippen LogP contribution in [0.25, 0.3) is 0 Å². The molecular weight excluding hydrogens is 1390 g/mol. The number of aromatic nitrogens is 6. The number of morpholine rings is 1. The van der Waals surface area contributed by atoms with Gasteiger partial charge in [0.05, 0.1) is 35.4 Å². The van der Waals surface area contributed by atoms with Gasteiger partial charge < -0.3 is 77.7 Å². The van der Waals surface area contributed by atoms with E-state index >= 15 is 0 Å². The molecular formula is C76H82Cl3N17O8. The Morgan fingerprint density at radius 2 is 0.788 bits per heavy atom. The van der Waals surface area contributed by atoms with Crippen molar-refractivity contribution < 1.29 is 38.1 Å². The summed E-state index contributed by atoms with van der Waals surface area (Å²) in [6.45, 7) is 9.45. The summed E-state index contributed by atoms with van der Waals surface area (Å²) in [6.07, 6.45) is 8.26. The largest absolute Gasteiger partial charge is 0.497 e. The number of nitrogens with zero attached hydrogens (tertiary/aromatic N) is 8. The maximum Gasteiger partial charge on any atom is 0.258 e. The van der Waals surface area contributed by atoms with Gasteiger partial charge >= 0.3 is 0 Å². The summed E-state index contributed by atoms with van der Waals surface area (Å²) in [5, 5.41) is 19.4. The van der Waals surface area contributed by atoms with Gasteiger partial charge in [-0.25, -0.2) is 29.9 Å². The molecule has 28 heteroatoms. The molecule has 0 atom stereocenters. The van der Waals surface area contributed by atoms with Gasteiger partial charge in [0, 0.05) is 62.9 Å². The smallest absolute Gasteiger partial charge is 0.258 e. The number of carbonyl (C=O) groups excluding carboxylic acids is 3. The van der Waals surface area contributed by atoms with Gasteiger partial charge in [-0.15, -0.1) is 0 Å². The van der Waals surface area contributed by atoms with Crippen molar-refractivity contribution in [3.05, 3.63) is 243 Å². The van der Waals surface area contributed by atoms with Crippen LogP contribution < -0.4 is 68.0 Å². The fourth-order valence-corrected chi connectivity index (χ4v) is 11.6. The molecule has 0 spiro atoms. The number of hydrogen-bond donors (Lipinski definition) is 9. The molecule has 0 saturated carbocycles. The molecule has 0 bridgehead atoms. The molecule has 2 fully saturated rings. The van der Waals surface area contributed by atoms with Gasteiger partial charge in [0.2, 0.25) is 0 Å². The summed E-state index contributed by atoms with van der Waals surface area (Å²) in [4.78, 5) is 67.9. The molecule has 25 nitrogen and oxygen atoms in total. The zero-order valence-corrected chi connectivity index (χ0v) is 59.6. The fraction of sp³-hybridized carbons (Fsp3) is 0.250. The summed E-state index contributed by atoms with van der Waals surface area (Å²) in [6, 6.07) is 53.0. The molecule has 12 N–H and O–H groups in total. The highest BCUT2D eigenvalue weighted by Crippen LogP contribution is 2.34. The lowest BCUT2D eigenvalue weighted by atomic mass is 10.1. The van der Waals surface area contributed by atoms with E-state index < -0.39 is 0 Å². The van der Waals surface area contributed by atoms with E-state index in [4.69, 9.17) is 75.7 Å². The van der Waals surface area contributed by atoms with E-state index in [1.54, 1.807) is 55.6 Å². The molecule has 0 aliphatic carbocycles. The highest BCUT2D eigenvalue weighted by atomic mass is 35.5. The Morgan fingerprint density at radius 3 is 1.14 bits per heavy atom. The number of nitrogens with one attached hydrogen (secondary N) is 6. The van der Waals surface area contributed by atoms with Gasteiger partial charge in [-0.3, -0.25) is 19.3 Å². The van der Waals surface area contributed by atoms with Gasteiger partial charge in [-0.1, -0.05) is 144 Å². The lowest BCUT2D eigenvalue weighted by Crippen LogP contribution is -2.41. The van der Waals surface area contributed by atoms with Crippen molar-refractivity contribution in [2.75, 3.05) is 112 Å². The van der Waals surface area contributed by atoms with E-state index in [-0.39, 0.29) is 57.7 Å². The number of nitrogen functional groups attached to an aromatic ring is 3. The fourth-order valence-electron chi connectivity index (χ4n) is 10.9. The summed E-state index contributed by atoms with van der Waals surface area (Å²) in [5.74, 6) is 2.58. The normalized spacial score (nSPS) is 12.7. The minimum absolute atomic E-state index is 0.0726. The van der Waals surface area contributed by atoms with Gasteiger partial charge in [0.1, 0.15) is 113 Å². The molecule has 0 unspecified atom stereocenters. The Hall–Kier alpha value is -11.1. The van der Waals surface area contributed by atoms with E-state index in [9.17, 15) is 14.4 Å². The molecule has 0 radical (unpaired) electrons. The minimum atomic E-state index is -0.377. The SMILES string of the molecule is COc1ccc(CCNC(=O)c2c(N)ncnc2Nc2ccc(OCc3ccccc3)c(Cl)c2)cc1.Nc1ncnc(Nc2ccc(OCc3ccccc3)c(Cl)c2)c1C(=O)NCCN1CCCCC1.Nc1ncnc(Nc2ccc(OCc3ccccc3)c(Cl)c2)c1C(=O)NCCN1CCOCC1. The average molecular weight is 1470 g/mol. The first-order valence-electron chi connectivity index (χ1n) is 33.7. The quantitative estimate of drug-likeness (QED) is 0.0220. The van der Waals surface area contributed by atoms with E-state index in [2.05, 4.69) is 71.6 Å². The predicted octanol–water partition coefficient (Wildman–Crippen LogP) is 12.4. The number of amides is 3. The van der Waals surface area contributed by atoms with Crippen LogP contribution in [0.2, 0.25) is 15.1 Å². The molecule has 2 aliphatic heterocycles. The molecule has 3 aromatic heterocycles. The number of rotatable bonds is 28. The average Bonchev–Trinajstić information content (AvgIpc) is 0.829. The number of carbonyl (C=O) groups is 3.